The van der Waals surface area contributed by atoms with Crippen LogP contribution in [0.4, 0.5) is 0 Å². The number of furan rings is 1. The summed E-state index contributed by atoms with van der Waals surface area (Å²) >= 11 is 0. The first-order chi connectivity index (χ1) is 10.1. The minimum atomic E-state index is -0.364. The zero-order valence-electron chi connectivity index (χ0n) is 11.9. The molecule has 0 atom stereocenters. The van der Waals surface area contributed by atoms with E-state index in [1.807, 2.05) is 44.2 Å². The quantitative estimate of drug-likeness (QED) is 0.437. The maximum atomic E-state index is 12.1. The minimum Gasteiger partial charge on any atom is -0.458 e. The molecule has 0 unspecified atom stereocenters. The summed E-state index contributed by atoms with van der Waals surface area (Å²) in [6.07, 6.45) is 0. The first-order valence-corrected chi connectivity index (χ1v) is 6.62. The van der Waals surface area contributed by atoms with E-state index in [1.165, 1.54) is 0 Å². The zero-order chi connectivity index (χ0) is 15.0. The van der Waals surface area contributed by atoms with Crippen LogP contribution in [0.3, 0.4) is 0 Å². The van der Waals surface area contributed by atoms with Crippen LogP contribution < -0.4 is 11.3 Å². The molecule has 0 fully saturated rings. The SMILES string of the molecule is Cc1cc(C)n(Cc2oc3ccccc3c2C(=O)NN)n1. The van der Waals surface area contributed by atoms with Crippen LogP contribution in [0.5, 0.6) is 0 Å². The standard InChI is InChI=1S/C15H16N4O2/c1-9-7-10(2)19(18-9)8-13-14(15(20)17-16)11-5-3-4-6-12(11)21-13/h3-7H,8,16H2,1-2H3,(H,17,20). The van der Waals surface area contributed by atoms with E-state index in [1.54, 1.807) is 4.68 Å². The number of amides is 1. The van der Waals surface area contributed by atoms with E-state index in [0.717, 1.165) is 16.8 Å². The summed E-state index contributed by atoms with van der Waals surface area (Å²) in [6.45, 7) is 4.28. The number of carbonyl (C=O) groups excluding carboxylic acids is 1. The fourth-order valence-electron chi connectivity index (χ4n) is 2.50. The molecular formula is C15H16N4O2. The molecule has 108 valence electrons. The fraction of sp³-hybridized carbons (Fsp3) is 0.200. The average Bonchev–Trinajstić information content (AvgIpc) is 2.98. The van der Waals surface area contributed by atoms with Crippen molar-refractivity contribution in [1.29, 1.82) is 0 Å². The van der Waals surface area contributed by atoms with Crippen molar-refractivity contribution in [3.05, 3.63) is 53.0 Å². The Morgan fingerprint density at radius 3 is 2.81 bits per heavy atom. The fourth-order valence-corrected chi connectivity index (χ4v) is 2.50. The molecule has 6 heteroatoms. The Labute approximate surface area is 121 Å². The van der Waals surface area contributed by atoms with Crippen molar-refractivity contribution < 1.29 is 9.21 Å². The first kappa shape index (κ1) is 13.4. The van der Waals surface area contributed by atoms with E-state index in [9.17, 15) is 4.79 Å². The van der Waals surface area contributed by atoms with E-state index in [4.69, 9.17) is 10.3 Å². The van der Waals surface area contributed by atoms with Crippen molar-refractivity contribution >= 4 is 16.9 Å². The van der Waals surface area contributed by atoms with Gasteiger partial charge in [0.05, 0.1) is 11.3 Å². The summed E-state index contributed by atoms with van der Waals surface area (Å²) in [5.41, 5.74) is 5.23. The van der Waals surface area contributed by atoms with Gasteiger partial charge in [0, 0.05) is 11.1 Å². The molecule has 0 aliphatic heterocycles. The van der Waals surface area contributed by atoms with Gasteiger partial charge in [-0.15, -0.1) is 0 Å². The van der Waals surface area contributed by atoms with E-state index >= 15 is 0 Å². The van der Waals surface area contributed by atoms with Crippen molar-refractivity contribution in [2.24, 2.45) is 5.84 Å². The van der Waals surface area contributed by atoms with Crippen LogP contribution in [0.1, 0.15) is 27.5 Å². The number of nitrogens with two attached hydrogens (primary N) is 1. The monoisotopic (exact) mass is 284 g/mol. The van der Waals surface area contributed by atoms with Crippen molar-refractivity contribution in [1.82, 2.24) is 15.2 Å². The number of nitrogen functional groups attached to an aromatic ring is 1. The molecule has 2 aromatic heterocycles. The van der Waals surface area contributed by atoms with Crippen molar-refractivity contribution in [3.8, 4) is 0 Å². The molecule has 2 heterocycles. The number of fused-ring (bicyclic) bond motifs is 1. The summed E-state index contributed by atoms with van der Waals surface area (Å²) in [5.74, 6) is 5.47. The number of aryl methyl sites for hydroxylation is 2. The molecule has 3 aromatic rings. The zero-order valence-corrected chi connectivity index (χ0v) is 11.9. The second-order valence-corrected chi connectivity index (χ2v) is 4.95. The van der Waals surface area contributed by atoms with Crippen molar-refractivity contribution in [3.63, 3.8) is 0 Å². The van der Waals surface area contributed by atoms with E-state index in [2.05, 4.69) is 10.5 Å². The third kappa shape index (κ3) is 2.30. The van der Waals surface area contributed by atoms with Crippen LogP contribution in [0.25, 0.3) is 11.0 Å². The molecule has 0 bridgehead atoms. The van der Waals surface area contributed by atoms with Gasteiger partial charge >= 0.3 is 0 Å². The van der Waals surface area contributed by atoms with Crippen LogP contribution in [-0.4, -0.2) is 15.7 Å². The molecule has 0 spiro atoms. The van der Waals surface area contributed by atoms with Crippen LogP contribution in [0, 0.1) is 13.8 Å². The van der Waals surface area contributed by atoms with Gasteiger partial charge in [0.25, 0.3) is 5.91 Å². The lowest BCUT2D eigenvalue weighted by Crippen LogP contribution is -2.30. The number of hydrogen-bond donors (Lipinski definition) is 2. The summed E-state index contributed by atoms with van der Waals surface area (Å²) in [4.78, 5) is 12.1. The Hall–Kier alpha value is -2.60. The molecule has 3 N–H and O–H groups in total. The number of hydrazine groups is 1. The van der Waals surface area contributed by atoms with Gasteiger partial charge in [-0.25, -0.2) is 5.84 Å². The lowest BCUT2D eigenvalue weighted by molar-refractivity contribution is 0.0953. The summed E-state index contributed by atoms with van der Waals surface area (Å²) in [7, 11) is 0. The Morgan fingerprint density at radius 1 is 1.38 bits per heavy atom. The molecule has 6 nitrogen and oxygen atoms in total. The minimum absolute atomic E-state index is 0.364. The maximum absolute atomic E-state index is 12.1. The van der Waals surface area contributed by atoms with Crippen LogP contribution in [0.2, 0.25) is 0 Å². The molecular weight excluding hydrogens is 268 g/mol. The highest BCUT2D eigenvalue weighted by molar-refractivity contribution is 6.07. The highest BCUT2D eigenvalue weighted by Gasteiger charge is 2.20. The van der Waals surface area contributed by atoms with Crippen molar-refractivity contribution in [2.45, 2.75) is 20.4 Å². The molecule has 3 rings (SSSR count). The maximum Gasteiger partial charge on any atom is 0.269 e. The Bertz CT molecular complexity index is 816. The van der Waals surface area contributed by atoms with Gasteiger partial charge in [0.1, 0.15) is 17.9 Å². The molecule has 0 aliphatic rings. The molecule has 21 heavy (non-hydrogen) atoms. The number of hydrogen-bond acceptors (Lipinski definition) is 4. The van der Waals surface area contributed by atoms with E-state index < -0.39 is 0 Å². The van der Waals surface area contributed by atoms with Gasteiger partial charge in [0.15, 0.2) is 0 Å². The number of aromatic nitrogens is 2. The summed E-state index contributed by atoms with van der Waals surface area (Å²) in [6, 6.07) is 9.37. The normalized spacial score (nSPS) is 11.0. The lowest BCUT2D eigenvalue weighted by atomic mass is 10.1. The van der Waals surface area contributed by atoms with Gasteiger partial charge in [0.2, 0.25) is 0 Å². The molecule has 1 amide bonds. The topological polar surface area (TPSA) is 86.1 Å². The van der Waals surface area contributed by atoms with Gasteiger partial charge in [-0.2, -0.15) is 5.10 Å². The molecule has 0 saturated carbocycles. The number of para-hydroxylation sites is 1. The highest BCUT2D eigenvalue weighted by atomic mass is 16.3. The van der Waals surface area contributed by atoms with Crippen LogP contribution in [0.15, 0.2) is 34.7 Å². The van der Waals surface area contributed by atoms with Crippen molar-refractivity contribution in [2.75, 3.05) is 0 Å². The number of rotatable bonds is 3. The second-order valence-electron chi connectivity index (χ2n) is 4.95. The van der Waals surface area contributed by atoms with Gasteiger partial charge in [-0.05, 0) is 26.0 Å². The van der Waals surface area contributed by atoms with E-state index in [-0.39, 0.29) is 5.91 Å². The predicted molar refractivity (Wildman–Crippen MR) is 78.7 cm³/mol. The Kier molecular flexibility index (Phi) is 3.23. The highest BCUT2D eigenvalue weighted by Crippen LogP contribution is 2.26. The van der Waals surface area contributed by atoms with Crippen LogP contribution in [-0.2, 0) is 6.54 Å². The summed E-state index contributed by atoms with van der Waals surface area (Å²) in [5, 5.41) is 5.14. The third-order valence-electron chi connectivity index (χ3n) is 3.42. The lowest BCUT2D eigenvalue weighted by Gasteiger charge is -2.04. The molecule has 0 saturated heterocycles. The molecule has 1 aromatic carbocycles. The summed E-state index contributed by atoms with van der Waals surface area (Å²) < 4.78 is 7.62. The van der Waals surface area contributed by atoms with Gasteiger partial charge in [-0.1, -0.05) is 18.2 Å². The van der Waals surface area contributed by atoms with E-state index in [0.29, 0.717) is 23.5 Å². The van der Waals surface area contributed by atoms with Gasteiger partial charge in [-0.3, -0.25) is 14.9 Å². The largest absolute Gasteiger partial charge is 0.458 e. The number of nitrogens with one attached hydrogen (secondary N) is 1. The third-order valence-corrected chi connectivity index (χ3v) is 3.42. The molecule has 0 aliphatic carbocycles. The Morgan fingerprint density at radius 2 is 2.14 bits per heavy atom. The smallest absolute Gasteiger partial charge is 0.269 e. The average molecular weight is 284 g/mol. The second kappa shape index (κ2) is 5.06. The first-order valence-electron chi connectivity index (χ1n) is 6.62. The van der Waals surface area contributed by atoms with Gasteiger partial charge < -0.3 is 4.42 Å². The van der Waals surface area contributed by atoms with Crippen LogP contribution >= 0.6 is 0 Å². The number of carbonyl (C=O) groups is 1. The number of nitrogens with zero attached hydrogens (tertiary/aromatic N) is 2. The molecule has 0 radical (unpaired) electrons. The number of benzene rings is 1. The Balaban J connectivity index is 2.13. The predicted octanol–water partition coefficient (Wildman–Crippen LogP) is 1.90.